The molecule has 31 heavy (non-hydrogen) atoms. The summed E-state index contributed by atoms with van der Waals surface area (Å²) >= 11 is 0. The summed E-state index contributed by atoms with van der Waals surface area (Å²) in [5, 5.41) is 3.79. The number of fused-ring (bicyclic) bond motifs is 2. The number of benzene rings is 1. The van der Waals surface area contributed by atoms with Gasteiger partial charge < -0.3 is 15.0 Å². The first kappa shape index (κ1) is 19.2. The Labute approximate surface area is 176 Å². The zero-order valence-corrected chi connectivity index (χ0v) is 16.6. The van der Waals surface area contributed by atoms with Gasteiger partial charge in [-0.05, 0) is 30.7 Å². The number of halogens is 2. The lowest BCUT2D eigenvalue weighted by Gasteiger charge is -2.27. The first-order valence-electron chi connectivity index (χ1n) is 9.83. The smallest absolute Gasteiger partial charge is 0.253 e. The van der Waals surface area contributed by atoms with Crippen molar-refractivity contribution < 1.29 is 18.3 Å². The number of carbonyl (C=O) groups is 1. The molecule has 1 amide bonds. The highest BCUT2D eigenvalue weighted by molar-refractivity contribution is 5.96. The van der Waals surface area contributed by atoms with Gasteiger partial charge in [-0.25, -0.2) is 13.8 Å². The van der Waals surface area contributed by atoms with Gasteiger partial charge in [0.2, 0.25) is 0 Å². The van der Waals surface area contributed by atoms with Crippen LogP contribution in [0.15, 0.2) is 48.9 Å². The number of ether oxygens (including phenoxy) is 1. The van der Waals surface area contributed by atoms with E-state index in [2.05, 4.69) is 20.3 Å². The van der Waals surface area contributed by atoms with Crippen LogP contribution in [0.3, 0.4) is 0 Å². The van der Waals surface area contributed by atoms with Crippen molar-refractivity contribution in [2.45, 2.75) is 19.4 Å². The first-order valence-corrected chi connectivity index (χ1v) is 9.83. The van der Waals surface area contributed by atoms with E-state index in [1.54, 1.807) is 18.3 Å². The number of aryl methyl sites for hydroxylation is 1. The predicted molar refractivity (Wildman–Crippen MR) is 111 cm³/mol. The molecule has 1 atom stereocenters. The summed E-state index contributed by atoms with van der Waals surface area (Å²) in [7, 11) is 0. The number of aromatic amines is 1. The lowest BCUT2D eigenvalue weighted by molar-refractivity contribution is 0.0923. The second kappa shape index (κ2) is 7.46. The molecule has 4 aromatic rings. The van der Waals surface area contributed by atoms with Crippen LogP contribution < -0.4 is 10.1 Å². The third kappa shape index (κ3) is 3.39. The predicted octanol–water partition coefficient (Wildman–Crippen LogP) is 4.47. The largest absolute Gasteiger partial charge is 0.493 e. The van der Waals surface area contributed by atoms with Crippen molar-refractivity contribution in [3.63, 3.8) is 0 Å². The van der Waals surface area contributed by atoms with Crippen LogP contribution in [0.25, 0.3) is 22.3 Å². The zero-order valence-electron chi connectivity index (χ0n) is 16.6. The molecule has 8 heteroatoms. The Hall–Kier alpha value is -3.81. The van der Waals surface area contributed by atoms with E-state index < -0.39 is 23.6 Å². The molecule has 6 nitrogen and oxygen atoms in total. The Morgan fingerprint density at radius 1 is 1.23 bits per heavy atom. The van der Waals surface area contributed by atoms with Gasteiger partial charge in [0.1, 0.15) is 23.0 Å². The van der Waals surface area contributed by atoms with E-state index in [-0.39, 0.29) is 17.9 Å². The Kier molecular flexibility index (Phi) is 4.62. The minimum absolute atomic E-state index is 0.117. The van der Waals surface area contributed by atoms with Gasteiger partial charge in [0.05, 0.1) is 29.5 Å². The van der Waals surface area contributed by atoms with Gasteiger partial charge in [-0.1, -0.05) is 0 Å². The fourth-order valence-corrected chi connectivity index (χ4v) is 3.96. The van der Waals surface area contributed by atoms with Crippen molar-refractivity contribution in [3.05, 3.63) is 77.2 Å². The van der Waals surface area contributed by atoms with Crippen molar-refractivity contribution >= 4 is 16.9 Å². The van der Waals surface area contributed by atoms with Crippen LogP contribution in [0.4, 0.5) is 8.78 Å². The van der Waals surface area contributed by atoms with Crippen LogP contribution in [0.2, 0.25) is 0 Å². The minimum Gasteiger partial charge on any atom is -0.493 e. The number of amides is 1. The Bertz CT molecular complexity index is 1300. The molecule has 1 aromatic carbocycles. The van der Waals surface area contributed by atoms with Gasteiger partial charge in [-0.15, -0.1) is 0 Å². The number of pyridine rings is 2. The van der Waals surface area contributed by atoms with E-state index >= 15 is 0 Å². The lowest BCUT2D eigenvalue weighted by Crippen LogP contribution is -2.33. The molecule has 3 aromatic heterocycles. The number of nitrogens with one attached hydrogen (secondary N) is 2. The molecule has 0 saturated heterocycles. The van der Waals surface area contributed by atoms with Gasteiger partial charge in [-0.3, -0.25) is 9.78 Å². The van der Waals surface area contributed by atoms with Crippen LogP contribution in [0, 0.1) is 18.6 Å². The van der Waals surface area contributed by atoms with E-state index in [0.29, 0.717) is 17.7 Å². The second-order valence-electron chi connectivity index (χ2n) is 7.45. The second-order valence-corrected chi connectivity index (χ2v) is 7.45. The number of aromatic nitrogens is 3. The fourth-order valence-electron chi connectivity index (χ4n) is 3.96. The Morgan fingerprint density at radius 3 is 2.90 bits per heavy atom. The zero-order chi connectivity index (χ0) is 21.5. The molecule has 0 bridgehead atoms. The van der Waals surface area contributed by atoms with Crippen LogP contribution in [-0.2, 0) is 0 Å². The molecule has 0 unspecified atom stereocenters. The van der Waals surface area contributed by atoms with Gasteiger partial charge in [0.25, 0.3) is 5.91 Å². The van der Waals surface area contributed by atoms with Gasteiger partial charge in [0, 0.05) is 48.1 Å². The quantitative estimate of drug-likeness (QED) is 0.513. The van der Waals surface area contributed by atoms with Crippen LogP contribution in [0.5, 0.6) is 5.75 Å². The highest BCUT2D eigenvalue weighted by Crippen LogP contribution is 2.35. The standard InChI is InChI=1S/C23H18F2N4O2/c1-12-10-28-22-20(12)15(4-6-26-22)17-3-2-13(11-27-17)23(30)29-18-5-7-31-19-9-14(24)8-16(25)21(18)19/h2-4,6,8-11,18H,5,7H2,1H3,(H,26,28)(H,29,30)/t18-/m0/s1. The summed E-state index contributed by atoms with van der Waals surface area (Å²) in [5.74, 6) is -1.73. The molecule has 156 valence electrons. The van der Waals surface area contributed by atoms with E-state index in [0.717, 1.165) is 34.3 Å². The third-order valence-corrected chi connectivity index (χ3v) is 5.45. The maximum Gasteiger partial charge on any atom is 0.253 e. The monoisotopic (exact) mass is 420 g/mol. The highest BCUT2D eigenvalue weighted by Gasteiger charge is 2.28. The van der Waals surface area contributed by atoms with E-state index in [1.165, 1.54) is 6.20 Å². The summed E-state index contributed by atoms with van der Waals surface area (Å²) in [5.41, 5.74) is 3.96. The molecule has 0 radical (unpaired) electrons. The summed E-state index contributed by atoms with van der Waals surface area (Å²) in [6.07, 6.45) is 5.46. The molecule has 2 N–H and O–H groups in total. The average molecular weight is 420 g/mol. The maximum atomic E-state index is 14.3. The minimum atomic E-state index is -0.739. The van der Waals surface area contributed by atoms with Crippen molar-refractivity contribution in [2.24, 2.45) is 0 Å². The van der Waals surface area contributed by atoms with Crippen LogP contribution in [-0.4, -0.2) is 27.5 Å². The van der Waals surface area contributed by atoms with Crippen LogP contribution >= 0.6 is 0 Å². The Morgan fingerprint density at radius 2 is 2.10 bits per heavy atom. The molecule has 5 rings (SSSR count). The third-order valence-electron chi connectivity index (χ3n) is 5.45. The summed E-state index contributed by atoms with van der Waals surface area (Å²) in [6, 6.07) is 6.63. The maximum absolute atomic E-state index is 14.3. The van der Waals surface area contributed by atoms with Crippen molar-refractivity contribution in [2.75, 3.05) is 6.61 Å². The number of hydrogen-bond acceptors (Lipinski definition) is 4. The van der Waals surface area contributed by atoms with E-state index in [4.69, 9.17) is 4.74 Å². The molecule has 1 aliphatic rings. The SMILES string of the molecule is Cc1c[nH]c2nccc(-c3ccc(C(=O)N[C@H]4CCOc5cc(F)cc(F)c54)cn3)c12. The van der Waals surface area contributed by atoms with Gasteiger partial charge in [0.15, 0.2) is 0 Å². The normalized spacial score (nSPS) is 15.4. The van der Waals surface area contributed by atoms with E-state index in [1.807, 2.05) is 19.2 Å². The fraction of sp³-hybridized carbons (Fsp3) is 0.174. The van der Waals surface area contributed by atoms with Crippen molar-refractivity contribution in [3.8, 4) is 17.0 Å². The molecule has 0 saturated carbocycles. The topological polar surface area (TPSA) is 79.9 Å². The molecular weight excluding hydrogens is 402 g/mol. The van der Waals surface area contributed by atoms with Gasteiger partial charge >= 0.3 is 0 Å². The summed E-state index contributed by atoms with van der Waals surface area (Å²) in [6.45, 7) is 2.24. The first-order chi connectivity index (χ1) is 15.0. The van der Waals surface area contributed by atoms with Crippen LogP contribution in [0.1, 0.15) is 33.9 Å². The summed E-state index contributed by atoms with van der Waals surface area (Å²) in [4.78, 5) is 24.7. The molecule has 0 aliphatic carbocycles. The Balaban J connectivity index is 1.40. The molecule has 0 fully saturated rings. The summed E-state index contributed by atoms with van der Waals surface area (Å²) < 4.78 is 33.1. The van der Waals surface area contributed by atoms with Crippen molar-refractivity contribution in [1.29, 1.82) is 0 Å². The number of hydrogen-bond donors (Lipinski definition) is 2. The molecule has 4 heterocycles. The molecule has 0 spiro atoms. The molecule has 1 aliphatic heterocycles. The van der Waals surface area contributed by atoms with E-state index in [9.17, 15) is 13.6 Å². The number of nitrogens with zero attached hydrogens (tertiary/aromatic N) is 2. The number of rotatable bonds is 3. The number of carbonyl (C=O) groups excluding carboxylic acids is 1. The van der Waals surface area contributed by atoms with Crippen molar-refractivity contribution in [1.82, 2.24) is 20.3 Å². The highest BCUT2D eigenvalue weighted by atomic mass is 19.1. The lowest BCUT2D eigenvalue weighted by atomic mass is 9.99. The number of H-pyrrole nitrogens is 1. The van der Waals surface area contributed by atoms with Gasteiger partial charge in [-0.2, -0.15) is 0 Å². The average Bonchev–Trinajstić information content (AvgIpc) is 3.14. The molecular formula is C23H18F2N4O2.